The summed E-state index contributed by atoms with van der Waals surface area (Å²) in [4.78, 5) is 1.33. The van der Waals surface area contributed by atoms with Crippen molar-refractivity contribution < 1.29 is 0 Å². The molecule has 0 aliphatic carbocycles. The third-order valence-corrected chi connectivity index (χ3v) is 6.11. The number of benzene rings is 1. The molecular weight excluding hydrogens is 374 g/mol. The van der Waals surface area contributed by atoms with Crippen LogP contribution in [0.3, 0.4) is 0 Å². The highest BCUT2D eigenvalue weighted by molar-refractivity contribution is 9.13. The van der Waals surface area contributed by atoms with Crippen molar-refractivity contribution >= 4 is 43.2 Å². The fourth-order valence-corrected chi connectivity index (χ4v) is 3.83. The normalized spacial score (nSPS) is 12.7. The zero-order valence-corrected chi connectivity index (χ0v) is 14.3. The summed E-state index contributed by atoms with van der Waals surface area (Å²) in [6, 6.07) is 11.2. The standard InChI is InChI=1S/C14H15Br2NS/c1-9-3-5-11(6-4-9)10(2)17-8-12-7-13(15)14(16)18-12/h3-7,10,17H,8H2,1-2H3/t10-/m1/s1. The zero-order chi connectivity index (χ0) is 13.1. The molecule has 0 amide bonds. The molecular formula is C14H15Br2NS. The Kier molecular flexibility index (Phi) is 5.01. The van der Waals surface area contributed by atoms with Gasteiger partial charge in [-0.25, -0.2) is 0 Å². The van der Waals surface area contributed by atoms with E-state index >= 15 is 0 Å². The predicted octanol–water partition coefficient (Wildman–Crippen LogP) is 5.43. The molecule has 1 aromatic heterocycles. The van der Waals surface area contributed by atoms with Crippen molar-refractivity contribution in [3.63, 3.8) is 0 Å². The molecule has 0 unspecified atom stereocenters. The molecule has 18 heavy (non-hydrogen) atoms. The number of rotatable bonds is 4. The van der Waals surface area contributed by atoms with E-state index in [1.807, 2.05) is 0 Å². The Hall–Kier alpha value is -0.160. The molecule has 1 N–H and O–H groups in total. The molecule has 1 heterocycles. The van der Waals surface area contributed by atoms with Gasteiger partial charge in [0.25, 0.3) is 0 Å². The first-order valence-electron chi connectivity index (χ1n) is 5.80. The summed E-state index contributed by atoms with van der Waals surface area (Å²) in [7, 11) is 0. The van der Waals surface area contributed by atoms with Crippen molar-refractivity contribution in [2.45, 2.75) is 26.4 Å². The van der Waals surface area contributed by atoms with Crippen molar-refractivity contribution in [3.05, 3.63) is 54.6 Å². The van der Waals surface area contributed by atoms with Gasteiger partial charge in [-0.15, -0.1) is 11.3 Å². The molecule has 0 saturated carbocycles. The average Bonchev–Trinajstić information content (AvgIpc) is 2.67. The highest BCUT2D eigenvalue weighted by Gasteiger charge is 2.07. The number of hydrogen-bond acceptors (Lipinski definition) is 2. The van der Waals surface area contributed by atoms with Gasteiger partial charge >= 0.3 is 0 Å². The Labute approximate surface area is 129 Å². The molecule has 0 saturated heterocycles. The second kappa shape index (κ2) is 6.33. The maximum atomic E-state index is 3.54. The van der Waals surface area contributed by atoms with Crippen LogP contribution in [0.1, 0.15) is 29.0 Å². The van der Waals surface area contributed by atoms with E-state index in [1.54, 1.807) is 11.3 Å². The average molecular weight is 389 g/mol. The van der Waals surface area contributed by atoms with Crippen LogP contribution in [0.2, 0.25) is 0 Å². The van der Waals surface area contributed by atoms with E-state index in [9.17, 15) is 0 Å². The summed E-state index contributed by atoms with van der Waals surface area (Å²) < 4.78 is 2.29. The number of nitrogens with one attached hydrogen (secondary N) is 1. The number of aryl methyl sites for hydroxylation is 1. The summed E-state index contributed by atoms with van der Waals surface area (Å²) >= 11 is 8.79. The minimum atomic E-state index is 0.366. The van der Waals surface area contributed by atoms with Gasteiger partial charge in [-0.3, -0.25) is 0 Å². The Balaban J connectivity index is 1.95. The maximum Gasteiger partial charge on any atom is 0.0843 e. The fourth-order valence-electron chi connectivity index (χ4n) is 1.71. The third kappa shape index (κ3) is 3.67. The van der Waals surface area contributed by atoms with E-state index in [4.69, 9.17) is 0 Å². The van der Waals surface area contributed by atoms with Crippen LogP contribution >= 0.6 is 43.2 Å². The highest BCUT2D eigenvalue weighted by Crippen LogP contribution is 2.32. The fraction of sp³-hybridized carbons (Fsp3) is 0.286. The topological polar surface area (TPSA) is 12.0 Å². The Morgan fingerprint density at radius 2 is 1.89 bits per heavy atom. The molecule has 4 heteroatoms. The lowest BCUT2D eigenvalue weighted by Crippen LogP contribution is -2.17. The zero-order valence-electron chi connectivity index (χ0n) is 10.3. The van der Waals surface area contributed by atoms with Gasteiger partial charge in [-0.05, 0) is 57.3 Å². The van der Waals surface area contributed by atoms with Gasteiger partial charge in [-0.2, -0.15) is 0 Å². The summed E-state index contributed by atoms with van der Waals surface area (Å²) in [6.07, 6.45) is 0. The van der Waals surface area contributed by atoms with Crippen LogP contribution in [-0.4, -0.2) is 0 Å². The first kappa shape index (κ1) is 14.3. The molecule has 1 nitrogen and oxygen atoms in total. The minimum Gasteiger partial charge on any atom is -0.305 e. The molecule has 0 radical (unpaired) electrons. The number of halogens is 2. The largest absolute Gasteiger partial charge is 0.305 e. The van der Waals surface area contributed by atoms with Crippen LogP contribution in [0.5, 0.6) is 0 Å². The predicted molar refractivity (Wildman–Crippen MR) is 86.2 cm³/mol. The van der Waals surface area contributed by atoms with Crippen LogP contribution in [0, 0.1) is 6.92 Å². The van der Waals surface area contributed by atoms with Crippen LogP contribution in [-0.2, 0) is 6.54 Å². The summed E-state index contributed by atoms with van der Waals surface area (Å²) in [6.45, 7) is 5.20. The lowest BCUT2D eigenvalue weighted by Gasteiger charge is -2.13. The quantitative estimate of drug-likeness (QED) is 0.735. The Morgan fingerprint density at radius 3 is 2.44 bits per heavy atom. The molecule has 1 aromatic carbocycles. The molecule has 96 valence electrons. The van der Waals surface area contributed by atoms with Gasteiger partial charge in [0.05, 0.1) is 3.79 Å². The Bertz CT molecular complexity index is 500. The van der Waals surface area contributed by atoms with Gasteiger partial charge in [0.15, 0.2) is 0 Å². The van der Waals surface area contributed by atoms with Crippen molar-refractivity contribution in [2.75, 3.05) is 0 Å². The molecule has 2 aromatic rings. The molecule has 0 bridgehead atoms. The van der Waals surface area contributed by atoms with E-state index in [0.717, 1.165) is 14.8 Å². The smallest absolute Gasteiger partial charge is 0.0843 e. The van der Waals surface area contributed by atoms with Crippen molar-refractivity contribution in [3.8, 4) is 0 Å². The summed E-state index contributed by atoms with van der Waals surface area (Å²) in [5, 5.41) is 3.54. The van der Waals surface area contributed by atoms with Gasteiger partial charge < -0.3 is 5.32 Å². The number of thiophene rings is 1. The SMILES string of the molecule is Cc1ccc([C@@H](C)NCc2cc(Br)c(Br)s2)cc1. The second-order valence-electron chi connectivity index (χ2n) is 4.35. The third-order valence-electron chi connectivity index (χ3n) is 2.86. The van der Waals surface area contributed by atoms with Gasteiger partial charge in [0.1, 0.15) is 0 Å². The van der Waals surface area contributed by atoms with E-state index in [1.165, 1.54) is 16.0 Å². The molecule has 2 rings (SSSR count). The summed E-state index contributed by atoms with van der Waals surface area (Å²) in [5.41, 5.74) is 2.63. The van der Waals surface area contributed by atoms with E-state index in [0.29, 0.717) is 6.04 Å². The van der Waals surface area contributed by atoms with Crippen LogP contribution in [0.4, 0.5) is 0 Å². The van der Waals surface area contributed by atoms with Crippen molar-refractivity contribution in [1.29, 1.82) is 0 Å². The summed E-state index contributed by atoms with van der Waals surface area (Å²) in [5.74, 6) is 0. The highest BCUT2D eigenvalue weighted by atomic mass is 79.9. The second-order valence-corrected chi connectivity index (χ2v) is 7.66. The Morgan fingerprint density at radius 1 is 1.22 bits per heavy atom. The van der Waals surface area contributed by atoms with Crippen molar-refractivity contribution in [1.82, 2.24) is 5.32 Å². The van der Waals surface area contributed by atoms with Gasteiger partial charge in [-0.1, -0.05) is 29.8 Å². The van der Waals surface area contributed by atoms with Crippen LogP contribution in [0.25, 0.3) is 0 Å². The molecule has 0 fully saturated rings. The first-order valence-corrected chi connectivity index (χ1v) is 8.20. The van der Waals surface area contributed by atoms with Gasteiger partial charge in [0.2, 0.25) is 0 Å². The van der Waals surface area contributed by atoms with E-state index < -0.39 is 0 Å². The van der Waals surface area contributed by atoms with E-state index in [-0.39, 0.29) is 0 Å². The van der Waals surface area contributed by atoms with E-state index in [2.05, 4.69) is 81.4 Å². The number of hydrogen-bond donors (Lipinski definition) is 1. The first-order chi connectivity index (χ1) is 8.56. The lowest BCUT2D eigenvalue weighted by atomic mass is 10.1. The molecule has 0 aliphatic heterocycles. The lowest BCUT2D eigenvalue weighted by molar-refractivity contribution is 0.579. The van der Waals surface area contributed by atoms with Crippen LogP contribution < -0.4 is 5.32 Å². The van der Waals surface area contributed by atoms with Crippen molar-refractivity contribution in [2.24, 2.45) is 0 Å². The molecule has 1 atom stereocenters. The minimum absolute atomic E-state index is 0.366. The monoisotopic (exact) mass is 387 g/mol. The van der Waals surface area contributed by atoms with Gasteiger partial charge in [0, 0.05) is 21.9 Å². The maximum absolute atomic E-state index is 3.54. The molecule has 0 spiro atoms. The molecule has 0 aliphatic rings. The van der Waals surface area contributed by atoms with Crippen LogP contribution in [0.15, 0.2) is 38.6 Å².